The summed E-state index contributed by atoms with van der Waals surface area (Å²) in [6.07, 6.45) is 0. The summed E-state index contributed by atoms with van der Waals surface area (Å²) >= 11 is 0. The summed E-state index contributed by atoms with van der Waals surface area (Å²) in [5, 5.41) is 9.00. The Balaban J connectivity index is 1.22. The Kier molecular flexibility index (Phi) is 4.69. The van der Waals surface area contributed by atoms with E-state index in [2.05, 4.69) is 108 Å². The quantitative estimate of drug-likeness (QED) is 0.214. The van der Waals surface area contributed by atoms with Gasteiger partial charge in [-0.1, -0.05) is 66.7 Å². The van der Waals surface area contributed by atoms with Gasteiger partial charge < -0.3 is 18.2 Å². The number of benzene rings is 7. The van der Waals surface area contributed by atoms with Crippen molar-refractivity contribution in [1.29, 1.82) is 0 Å². The normalized spacial score (nSPS) is 12.1. The molecule has 0 radical (unpaired) electrons. The molecule has 0 fully saturated rings. The number of hydrogen-bond donors (Lipinski definition) is 0. The fraction of sp³-hybridized carbons (Fsp3) is 0. The fourth-order valence-electron chi connectivity index (χ4n) is 6.83. The Morgan fingerprint density at radius 1 is 0.318 bits per heavy atom. The second-order valence-electron chi connectivity index (χ2n) is 11.3. The summed E-state index contributed by atoms with van der Waals surface area (Å²) in [5.41, 5.74) is 8.40. The van der Waals surface area contributed by atoms with Gasteiger partial charge in [-0.2, -0.15) is 0 Å². The monoisotopic (exact) mass is 565 g/mol. The number of anilines is 3. The molecule has 4 heteroatoms. The van der Waals surface area contributed by atoms with E-state index in [1.54, 1.807) is 0 Å². The minimum atomic E-state index is 0.857. The topological polar surface area (TPSA) is 42.7 Å². The molecule has 0 bridgehead atoms. The minimum absolute atomic E-state index is 0.857. The first-order valence-electron chi connectivity index (χ1n) is 14.8. The van der Waals surface area contributed by atoms with Crippen LogP contribution in [0, 0.1) is 0 Å². The van der Waals surface area contributed by atoms with E-state index in [1.165, 1.54) is 5.39 Å². The van der Waals surface area contributed by atoms with Gasteiger partial charge >= 0.3 is 0 Å². The summed E-state index contributed by atoms with van der Waals surface area (Å²) in [6.45, 7) is 0. The maximum atomic E-state index is 6.33. The molecule has 0 unspecified atom stereocenters. The first-order chi connectivity index (χ1) is 21.8. The third kappa shape index (κ3) is 3.33. The molecule has 0 aliphatic carbocycles. The highest BCUT2D eigenvalue weighted by Gasteiger charge is 2.19. The van der Waals surface area contributed by atoms with Gasteiger partial charge in [0.25, 0.3) is 0 Å². The molecule has 0 atom stereocenters. The molecule has 10 aromatic rings. The van der Waals surface area contributed by atoms with Crippen LogP contribution >= 0.6 is 0 Å². The van der Waals surface area contributed by atoms with Gasteiger partial charge in [0.05, 0.1) is 0 Å². The average Bonchev–Trinajstić information content (AvgIpc) is 3.75. The van der Waals surface area contributed by atoms with Crippen LogP contribution in [0.3, 0.4) is 0 Å². The highest BCUT2D eigenvalue weighted by atomic mass is 16.3. The van der Waals surface area contributed by atoms with Crippen molar-refractivity contribution in [3.63, 3.8) is 0 Å². The van der Waals surface area contributed by atoms with Crippen LogP contribution in [0.5, 0.6) is 0 Å². The molecule has 0 aliphatic rings. The smallest absolute Gasteiger partial charge is 0.137 e. The zero-order chi connectivity index (χ0) is 28.8. The Morgan fingerprint density at radius 3 is 1.61 bits per heavy atom. The van der Waals surface area contributed by atoms with Gasteiger partial charge in [-0.05, 0) is 77.5 Å². The summed E-state index contributed by atoms with van der Waals surface area (Å²) in [5.74, 6) is 0. The van der Waals surface area contributed by atoms with Crippen LogP contribution in [0.2, 0.25) is 0 Å². The third-order valence-electron chi connectivity index (χ3n) is 8.84. The van der Waals surface area contributed by atoms with Gasteiger partial charge in [0.2, 0.25) is 0 Å². The van der Waals surface area contributed by atoms with Crippen LogP contribution in [0.25, 0.3) is 76.6 Å². The largest absolute Gasteiger partial charge is 0.456 e. The van der Waals surface area contributed by atoms with E-state index in [1.807, 2.05) is 36.4 Å². The zero-order valence-electron chi connectivity index (χ0n) is 23.5. The Labute approximate surface area is 250 Å². The number of hydrogen-bond acceptors (Lipinski definition) is 4. The van der Waals surface area contributed by atoms with Crippen LogP contribution in [0.4, 0.5) is 17.1 Å². The molecule has 0 saturated carbocycles. The number of para-hydroxylation sites is 3. The molecule has 3 aromatic heterocycles. The molecule has 7 aromatic carbocycles. The van der Waals surface area contributed by atoms with Gasteiger partial charge in [0.15, 0.2) is 0 Å². The molecule has 0 N–H and O–H groups in total. The van der Waals surface area contributed by atoms with E-state index in [9.17, 15) is 0 Å². The van der Waals surface area contributed by atoms with Gasteiger partial charge in [-0.3, -0.25) is 0 Å². The van der Waals surface area contributed by atoms with Gasteiger partial charge in [0, 0.05) is 55.4 Å². The van der Waals surface area contributed by atoms with E-state index in [0.29, 0.717) is 0 Å². The molecule has 0 saturated heterocycles. The third-order valence-corrected chi connectivity index (χ3v) is 8.84. The highest BCUT2D eigenvalue weighted by molar-refractivity contribution is 6.19. The van der Waals surface area contributed by atoms with Gasteiger partial charge in [-0.25, -0.2) is 0 Å². The second-order valence-corrected chi connectivity index (χ2v) is 11.3. The lowest BCUT2D eigenvalue weighted by atomic mass is 10.0. The van der Waals surface area contributed by atoms with E-state index < -0.39 is 0 Å². The van der Waals surface area contributed by atoms with Crippen molar-refractivity contribution in [2.45, 2.75) is 0 Å². The first-order valence-corrected chi connectivity index (χ1v) is 14.8. The lowest BCUT2D eigenvalue weighted by molar-refractivity contribution is 0.668. The van der Waals surface area contributed by atoms with Crippen molar-refractivity contribution < 1.29 is 13.3 Å². The molecular formula is C40H23NO3. The first kappa shape index (κ1) is 23.6. The molecule has 206 valence electrons. The molecule has 3 heterocycles. The number of furan rings is 3. The van der Waals surface area contributed by atoms with Crippen LogP contribution < -0.4 is 4.90 Å². The molecule has 0 aliphatic heterocycles. The number of rotatable bonds is 3. The van der Waals surface area contributed by atoms with Crippen molar-refractivity contribution >= 4 is 93.7 Å². The second kappa shape index (κ2) is 8.76. The van der Waals surface area contributed by atoms with Gasteiger partial charge in [-0.15, -0.1) is 0 Å². The van der Waals surface area contributed by atoms with Crippen molar-refractivity contribution in [2.24, 2.45) is 0 Å². The predicted molar refractivity (Wildman–Crippen MR) is 180 cm³/mol. The number of nitrogens with zero attached hydrogens (tertiary/aromatic N) is 1. The SMILES string of the molecule is c1ccc2c(c1)oc1cc(N(c3ccc4c(ccc5oc6ccccc6c54)c3)c3ccc4oc5ccccc5c4c3)ccc12. The number of fused-ring (bicyclic) bond motifs is 11. The Morgan fingerprint density at radius 2 is 0.818 bits per heavy atom. The van der Waals surface area contributed by atoms with Crippen LogP contribution in [0.1, 0.15) is 0 Å². The summed E-state index contributed by atoms with van der Waals surface area (Å²) < 4.78 is 18.7. The van der Waals surface area contributed by atoms with Crippen LogP contribution in [-0.4, -0.2) is 0 Å². The van der Waals surface area contributed by atoms with Crippen LogP contribution in [0.15, 0.2) is 153 Å². The molecule has 0 spiro atoms. The Hall–Kier alpha value is -6.00. The standard InChI is InChI=1S/C40H23NO3/c1-4-10-34-29(7-1)31-18-15-27(23-39(31)44-34)41(26-16-20-37-33(22-26)30-8-2-5-11-35(30)42-37)25-14-17-28-24(21-25)13-19-38-40(28)32-9-3-6-12-36(32)43-38/h1-23H. The molecule has 44 heavy (non-hydrogen) atoms. The van der Waals surface area contributed by atoms with E-state index in [-0.39, 0.29) is 0 Å². The predicted octanol–water partition coefficient (Wildman–Crippen LogP) is 12.0. The maximum absolute atomic E-state index is 6.33. The average molecular weight is 566 g/mol. The summed E-state index contributed by atoms with van der Waals surface area (Å²) in [6, 6.07) is 48.5. The van der Waals surface area contributed by atoms with Crippen LogP contribution in [-0.2, 0) is 0 Å². The maximum Gasteiger partial charge on any atom is 0.137 e. The summed E-state index contributed by atoms with van der Waals surface area (Å²) in [7, 11) is 0. The van der Waals surface area contributed by atoms with Crippen molar-refractivity contribution in [1.82, 2.24) is 0 Å². The molecule has 4 nitrogen and oxygen atoms in total. The van der Waals surface area contributed by atoms with E-state index in [4.69, 9.17) is 13.3 Å². The minimum Gasteiger partial charge on any atom is -0.456 e. The van der Waals surface area contributed by atoms with E-state index in [0.717, 1.165) is 88.3 Å². The van der Waals surface area contributed by atoms with Crippen molar-refractivity contribution in [2.75, 3.05) is 4.90 Å². The van der Waals surface area contributed by atoms with Crippen molar-refractivity contribution in [3.05, 3.63) is 140 Å². The van der Waals surface area contributed by atoms with Gasteiger partial charge in [0.1, 0.15) is 33.5 Å². The Bertz CT molecular complexity index is 2740. The van der Waals surface area contributed by atoms with Crippen molar-refractivity contribution in [3.8, 4) is 0 Å². The molecular weight excluding hydrogens is 542 g/mol. The lowest BCUT2D eigenvalue weighted by Crippen LogP contribution is -2.09. The fourth-order valence-corrected chi connectivity index (χ4v) is 6.83. The molecule has 10 rings (SSSR count). The molecule has 0 amide bonds. The van der Waals surface area contributed by atoms with E-state index >= 15 is 0 Å². The summed E-state index contributed by atoms with van der Waals surface area (Å²) in [4.78, 5) is 2.30. The zero-order valence-corrected chi connectivity index (χ0v) is 23.5. The highest BCUT2D eigenvalue weighted by Crippen LogP contribution is 2.43. The lowest BCUT2D eigenvalue weighted by Gasteiger charge is -2.26.